The molecule has 0 aliphatic carbocycles. The Morgan fingerprint density at radius 1 is 1.10 bits per heavy atom. The van der Waals surface area contributed by atoms with Gasteiger partial charge in [0.1, 0.15) is 18.0 Å². The normalized spacial score (nSPS) is 19.7. The molecule has 2 saturated heterocycles. The first-order valence-corrected chi connectivity index (χ1v) is 10.2. The summed E-state index contributed by atoms with van der Waals surface area (Å²) in [6.07, 6.45) is 2.47. The molecule has 0 saturated carbocycles. The minimum absolute atomic E-state index is 0.0113. The van der Waals surface area contributed by atoms with E-state index in [0.29, 0.717) is 30.8 Å². The van der Waals surface area contributed by atoms with Crippen molar-refractivity contribution in [3.05, 3.63) is 47.2 Å². The molecule has 0 bridgehead atoms. The first-order valence-electron chi connectivity index (χ1n) is 10.2. The van der Waals surface area contributed by atoms with Crippen LogP contribution < -0.4 is 10.2 Å². The van der Waals surface area contributed by atoms with Gasteiger partial charge in [-0.2, -0.15) is 0 Å². The topological polar surface area (TPSA) is 105 Å². The fourth-order valence-electron chi connectivity index (χ4n) is 4.13. The average molecular weight is 410 g/mol. The number of urea groups is 1. The molecule has 0 unspecified atom stereocenters. The lowest BCUT2D eigenvalue weighted by Gasteiger charge is -2.25. The molecule has 30 heavy (non-hydrogen) atoms. The maximum Gasteiger partial charge on any atom is 0.329 e. The van der Waals surface area contributed by atoms with Crippen LogP contribution in [0.1, 0.15) is 46.5 Å². The van der Waals surface area contributed by atoms with E-state index in [2.05, 4.69) is 10.3 Å². The Morgan fingerprint density at radius 2 is 1.87 bits per heavy atom. The molecule has 0 radical (unpaired) electrons. The van der Waals surface area contributed by atoms with Gasteiger partial charge in [0, 0.05) is 43.3 Å². The van der Waals surface area contributed by atoms with Crippen LogP contribution in [0.25, 0.3) is 0 Å². The first kappa shape index (κ1) is 18.8. The molecule has 0 spiro atoms. The molecule has 0 atom stereocenters. The standard InChI is InChI=1S/C21H22N4O5/c26-18-12-25(21(28)23-18)15-3-1-14(2-4-15)20(27)24-8-5-17-16(11-24)22-19(30-17)13-6-9-29-10-7-13/h1-4,13H,5-12H2,(H,23,26,28). The molecule has 4 amide bonds. The van der Waals surface area contributed by atoms with E-state index in [0.717, 1.165) is 43.4 Å². The van der Waals surface area contributed by atoms with E-state index < -0.39 is 6.03 Å². The van der Waals surface area contributed by atoms with Gasteiger partial charge in [0.05, 0.1) is 6.54 Å². The van der Waals surface area contributed by atoms with Gasteiger partial charge in [-0.15, -0.1) is 0 Å². The number of carbonyl (C=O) groups excluding carboxylic acids is 3. The molecular formula is C21H22N4O5. The summed E-state index contributed by atoms with van der Waals surface area (Å²) in [6.45, 7) is 2.43. The molecule has 2 aromatic rings. The fourth-order valence-corrected chi connectivity index (χ4v) is 4.13. The Balaban J connectivity index is 1.28. The summed E-state index contributed by atoms with van der Waals surface area (Å²) in [7, 11) is 0. The number of rotatable bonds is 3. The monoisotopic (exact) mass is 410 g/mol. The third-order valence-electron chi connectivity index (χ3n) is 5.82. The average Bonchev–Trinajstić information content (AvgIpc) is 3.36. The smallest absolute Gasteiger partial charge is 0.329 e. The summed E-state index contributed by atoms with van der Waals surface area (Å²) in [5, 5.41) is 2.24. The number of hydrogen-bond donors (Lipinski definition) is 1. The van der Waals surface area contributed by atoms with Crippen molar-refractivity contribution in [2.24, 2.45) is 0 Å². The van der Waals surface area contributed by atoms with E-state index in [1.165, 1.54) is 4.90 Å². The molecule has 9 nitrogen and oxygen atoms in total. The number of nitrogens with zero attached hydrogens (tertiary/aromatic N) is 3. The number of carbonyl (C=O) groups is 3. The molecule has 3 aliphatic rings. The third kappa shape index (κ3) is 3.45. The lowest BCUT2D eigenvalue weighted by molar-refractivity contribution is -0.117. The molecule has 1 N–H and O–H groups in total. The Morgan fingerprint density at radius 3 is 2.57 bits per heavy atom. The number of oxazole rings is 1. The third-order valence-corrected chi connectivity index (χ3v) is 5.82. The minimum atomic E-state index is -0.450. The Hall–Kier alpha value is -3.20. The van der Waals surface area contributed by atoms with Crippen LogP contribution in [0.5, 0.6) is 0 Å². The minimum Gasteiger partial charge on any atom is -0.445 e. The number of benzene rings is 1. The summed E-state index contributed by atoms with van der Waals surface area (Å²) in [5.74, 6) is 1.50. The summed E-state index contributed by atoms with van der Waals surface area (Å²) in [6, 6.07) is 6.27. The van der Waals surface area contributed by atoms with E-state index in [-0.39, 0.29) is 24.3 Å². The molecule has 3 aliphatic heterocycles. The number of aromatic nitrogens is 1. The highest BCUT2D eigenvalue weighted by atomic mass is 16.5. The highest BCUT2D eigenvalue weighted by Crippen LogP contribution is 2.30. The van der Waals surface area contributed by atoms with E-state index in [9.17, 15) is 14.4 Å². The molecule has 156 valence electrons. The number of fused-ring (bicyclic) bond motifs is 1. The lowest BCUT2D eigenvalue weighted by atomic mass is 10.0. The second-order valence-corrected chi connectivity index (χ2v) is 7.77. The largest absolute Gasteiger partial charge is 0.445 e. The van der Waals surface area contributed by atoms with E-state index >= 15 is 0 Å². The van der Waals surface area contributed by atoms with E-state index in [1.54, 1.807) is 29.2 Å². The highest BCUT2D eigenvalue weighted by molar-refractivity contribution is 6.12. The van der Waals surface area contributed by atoms with Crippen LogP contribution in [0.15, 0.2) is 28.7 Å². The number of nitrogens with one attached hydrogen (secondary N) is 1. The molecule has 5 rings (SSSR count). The summed E-state index contributed by atoms with van der Waals surface area (Å²) >= 11 is 0. The van der Waals surface area contributed by atoms with Gasteiger partial charge >= 0.3 is 6.03 Å². The van der Waals surface area contributed by atoms with Crippen molar-refractivity contribution < 1.29 is 23.5 Å². The Bertz CT molecular complexity index is 993. The first-order chi connectivity index (χ1) is 14.6. The molecule has 1 aromatic carbocycles. The van der Waals surface area contributed by atoms with Crippen molar-refractivity contribution in [2.45, 2.75) is 31.7 Å². The lowest BCUT2D eigenvalue weighted by Crippen LogP contribution is -2.35. The second kappa shape index (κ2) is 7.56. The quantitative estimate of drug-likeness (QED) is 0.774. The van der Waals surface area contributed by atoms with Crippen LogP contribution in [0, 0.1) is 0 Å². The maximum absolute atomic E-state index is 13.0. The molecule has 9 heteroatoms. The predicted octanol–water partition coefficient (Wildman–Crippen LogP) is 1.82. The van der Waals surface area contributed by atoms with Crippen LogP contribution in [-0.2, 0) is 22.5 Å². The van der Waals surface area contributed by atoms with Crippen LogP contribution in [0.2, 0.25) is 0 Å². The van der Waals surface area contributed by atoms with Crippen LogP contribution in [-0.4, -0.2) is 54.0 Å². The molecule has 1 aromatic heterocycles. The van der Waals surface area contributed by atoms with Crippen LogP contribution in [0.3, 0.4) is 0 Å². The number of ether oxygens (including phenoxy) is 1. The zero-order valence-electron chi connectivity index (χ0n) is 16.4. The molecule has 4 heterocycles. The highest BCUT2D eigenvalue weighted by Gasteiger charge is 2.30. The number of amides is 4. The van der Waals surface area contributed by atoms with Crippen molar-refractivity contribution in [3.8, 4) is 0 Å². The van der Waals surface area contributed by atoms with Gasteiger partial charge in [0.15, 0.2) is 5.89 Å². The van der Waals surface area contributed by atoms with Crippen molar-refractivity contribution in [2.75, 3.05) is 31.2 Å². The second-order valence-electron chi connectivity index (χ2n) is 7.77. The van der Waals surface area contributed by atoms with Gasteiger partial charge in [0.25, 0.3) is 5.91 Å². The van der Waals surface area contributed by atoms with Gasteiger partial charge in [0.2, 0.25) is 5.91 Å². The zero-order valence-corrected chi connectivity index (χ0v) is 16.4. The van der Waals surface area contributed by atoms with Crippen LogP contribution in [0.4, 0.5) is 10.5 Å². The van der Waals surface area contributed by atoms with Crippen molar-refractivity contribution in [3.63, 3.8) is 0 Å². The van der Waals surface area contributed by atoms with Crippen molar-refractivity contribution in [1.82, 2.24) is 15.2 Å². The van der Waals surface area contributed by atoms with Crippen molar-refractivity contribution >= 4 is 23.5 Å². The maximum atomic E-state index is 13.0. The van der Waals surface area contributed by atoms with Gasteiger partial charge in [-0.25, -0.2) is 9.78 Å². The Labute approximate surface area is 173 Å². The zero-order chi connectivity index (χ0) is 20.7. The number of hydrogen-bond acceptors (Lipinski definition) is 6. The van der Waals surface area contributed by atoms with Gasteiger partial charge in [-0.05, 0) is 37.1 Å². The molecule has 2 fully saturated rings. The van der Waals surface area contributed by atoms with Crippen LogP contribution >= 0.6 is 0 Å². The summed E-state index contributed by atoms with van der Waals surface area (Å²) in [4.78, 5) is 43.9. The number of imide groups is 1. The van der Waals surface area contributed by atoms with E-state index in [4.69, 9.17) is 9.15 Å². The fraction of sp³-hybridized carbons (Fsp3) is 0.429. The van der Waals surface area contributed by atoms with E-state index in [1.807, 2.05) is 0 Å². The SMILES string of the molecule is O=C1CN(c2ccc(C(=O)N3CCc4oc(C5CCOCC5)nc4C3)cc2)C(=O)N1. The Kier molecular flexibility index (Phi) is 4.74. The summed E-state index contributed by atoms with van der Waals surface area (Å²) < 4.78 is 11.4. The van der Waals surface area contributed by atoms with Gasteiger partial charge < -0.3 is 14.1 Å². The number of anilines is 1. The predicted molar refractivity (Wildman–Crippen MR) is 105 cm³/mol. The van der Waals surface area contributed by atoms with Crippen molar-refractivity contribution in [1.29, 1.82) is 0 Å². The molecular weight excluding hydrogens is 388 g/mol. The van der Waals surface area contributed by atoms with Gasteiger partial charge in [-0.1, -0.05) is 0 Å². The summed E-state index contributed by atoms with van der Waals surface area (Å²) in [5.41, 5.74) is 1.94. The van der Waals surface area contributed by atoms with Gasteiger partial charge in [-0.3, -0.25) is 19.8 Å².